The molecule has 2 aromatic rings. The van der Waals surface area contributed by atoms with Gasteiger partial charge in [-0.15, -0.1) is 0 Å². The smallest absolute Gasteiger partial charge is 0.260 e. The number of nitrogens with one attached hydrogen (secondary N) is 2. The molecule has 2 aromatic carbocycles. The van der Waals surface area contributed by atoms with E-state index in [0.29, 0.717) is 17.0 Å². The average Bonchev–Trinajstić information content (AvgIpc) is 2.65. The number of hydrogen-bond donors (Lipinski definition) is 2. The Bertz CT molecular complexity index is 860. The molecule has 0 saturated carbocycles. The van der Waals surface area contributed by atoms with Gasteiger partial charge in [0.05, 0.1) is 12.1 Å². The van der Waals surface area contributed by atoms with Crippen molar-refractivity contribution in [1.82, 2.24) is 10.2 Å². The fraction of sp³-hybridized carbons (Fsp3) is 0.318. The summed E-state index contributed by atoms with van der Waals surface area (Å²) in [6, 6.07) is 15.8. The fourth-order valence-corrected chi connectivity index (χ4v) is 2.51. The number of hydrogen-bond acceptors (Lipinski definition) is 4. The van der Waals surface area contributed by atoms with Crippen molar-refractivity contribution in [3.05, 3.63) is 60.2 Å². The van der Waals surface area contributed by atoms with Gasteiger partial charge in [-0.25, -0.2) is 0 Å². The zero-order valence-electron chi connectivity index (χ0n) is 17.2. The maximum absolute atomic E-state index is 12.6. The fourth-order valence-electron chi connectivity index (χ4n) is 2.51. The van der Waals surface area contributed by atoms with Crippen LogP contribution in [0.1, 0.15) is 31.1 Å². The number of ether oxygens (including phenoxy) is 1. The minimum absolute atomic E-state index is 0.0738. The van der Waals surface area contributed by atoms with E-state index in [0.717, 1.165) is 0 Å². The third-order valence-electron chi connectivity index (χ3n) is 3.84. The van der Waals surface area contributed by atoms with E-state index < -0.39 is 0 Å². The largest absolute Gasteiger partial charge is 0.483 e. The van der Waals surface area contributed by atoms with Gasteiger partial charge in [0.25, 0.3) is 11.8 Å². The van der Waals surface area contributed by atoms with E-state index in [2.05, 4.69) is 10.6 Å². The van der Waals surface area contributed by atoms with Crippen molar-refractivity contribution in [3.63, 3.8) is 0 Å². The highest BCUT2D eigenvalue weighted by molar-refractivity contribution is 6.06. The maximum atomic E-state index is 12.6. The van der Waals surface area contributed by atoms with Crippen LogP contribution in [0.2, 0.25) is 0 Å². The van der Waals surface area contributed by atoms with Crippen LogP contribution in [0.15, 0.2) is 54.6 Å². The number of nitrogens with zero attached hydrogens (tertiary/aromatic N) is 1. The minimum atomic E-state index is -0.372. The predicted molar refractivity (Wildman–Crippen MR) is 112 cm³/mol. The second-order valence-electron chi connectivity index (χ2n) is 7.65. The minimum Gasteiger partial charge on any atom is -0.483 e. The van der Waals surface area contributed by atoms with Crippen LogP contribution >= 0.6 is 0 Å². The summed E-state index contributed by atoms with van der Waals surface area (Å²) in [6.45, 7) is 5.25. The third-order valence-corrected chi connectivity index (χ3v) is 3.84. The van der Waals surface area contributed by atoms with E-state index in [-0.39, 0.29) is 36.4 Å². The van der Waals surface area contributed by atoms with Crippen molar-refractivity contribution in [2.45, 2.75) is 26.3 Å². The molecule has 2 N–H and O–H groups in total. The zero-order chi connectivity index (χ0) is 21.4. The number of likely N-dealkylation sites (N-methyl/N-ethyl adjacent to an activating group) is 1. The molecular formula is C22H27N3O4. The zero-order valence-corrected chi connectivity index (χ0v) is 17.2. The summed E-state index contributed by atoms with van der Waals surface area (Å²) in [5.41, 5.74) is 0.605. The lowest BCUT2D eigenvalue weighted by Crippen LogP contribution is -2.47. The van der Waals surface area contributed by atoms with Gasteiger partial charge in [0.1, 0.15) is 5.75 Å². The quantitative estimate of drug-likeness (QED) is 0.752. The van der Waals surface area contributed by atoms with Crippen LogP contribution in [0.3, 0.4) is 0 Å². The van der Waals surface area contributed by atoms with E-state index in [1.807, 2.05) is 39.0 Å². The number of anilines is 1. The van der Waals surface area contributed by atoms with Crippen molar-refractivity contribution >= 4 is 23.4 Å². The molecule has 154 valence electrons. The number of benzene rings is 2. The Morgan fingerprint density at radius 2 is 1.59 bits per heavy atom. The average molecular weight is 397 g/mol. The SMILES string of the molecule is CN(CC(=O)NC(C)(C)C)C(=O)COc1ccccc1C(=O)Nc1ccccc1. The molecule has 0 atom stereocenters. The van der Waals surface area contributed by atoms with Crippen molar-refractivity contribution < 1.29 is 19.1 Å². The topological polar surface area (TPSA) is 87.7 Å². The molecule has 0 saturated heterocycles. The molecule has 7 heteroatoms. The van der Waals surface area contributed by atoms with Gasteiger partial charge in [0.2, 0.25) is 5.91 Å². The van der Waals surface area contributed by atoms with Gasteiger partial charge in [0, 0.05) is 18.3 Å². The van der Waals surface area contributed by atoms with E-state index in [9.17, 15) is 14.4 Å². The molecule has 0 radical (unpaired) electrons. The highest BCUT2D eigenvalue weighted by Crippen LogP contribution is 2.20. The lowest BCUT2D eigenvalue weighted by atomic mass is 10.1. The Morgan fingerprint density at radius 1 is 0.966 bits per heavy atom. The second-order valence-corrected chi connectivity index (χ2v) is 7.65. The number of carbonyl (C=O) groups excluding carboxylic acids is 3. The Balaban J connectivity index is 1.96. The van der Waals surface area contributed by atoms with Crippen LogP contribution < -0.4 is 15.4 Å². The van der Waals surface area contributed by atoms with Crippen LogP contribution in [0.25, 0.3) is 0 Å². The third kappa shape index (κ3) is 7.29. The molecule has 0 bridgehead atoms. The predicted octanol–water partition coefficient (Wildman–Crippen LogP) is 2.69. The molecule has 2 rings (SSSR count). The van der Waals surface area contributed by atoms with Gasteiger partial charge >= 0.3 is 0 Å². The molecule has 0 heterocycles. The van der Waals surface area contributed by atoms with Crippen LogP contribution in [0, 0.1) is 0 Å². The first kappa shape index (κ1) is 21.9. The van der Waals surface area contributed by atoms with E-state index in [4.69, 9.17) is 4.74 Å². The van der Waals surface area contributed by atoms with Gasteiger partial charge in [-0.2, -0.15) is 0 Å². The first-order valence-electron chi connectivity index (χ1n) is 9.29. The van der Waals surface area contributed by atoms with Crippen LogP contribution in [-0.4, -0.2) is 48.4 Å². The lowest BCUT2D eigenvalue weighted by Gasteiger charge is -2.23. The van der Waals surface area contributed by atoms with Crippen molar-refractivity contribution in [3.8, 4) is 5.75 Å². The van der Waals surface area contributed by atoms with Crippen molar-refractivity contribution in [1.29, 1.82) is 0 Å². The summed E-state index contributed by atoms with van der Waals surface area (Å²) < 4.78 is 5.58. The highest BCUT2D eigenvalue weighted by atomic mass is 16.5. The van der Waals surface area contributed by atoms with Gasteiger partial charge < -0.3 is 20.3 Å². The first-order chi connectivity index (χ1) is 13.7. The van der Waals surface area contributed by atoms with Gasteiger partial charge in [-0.05, 0) is 45.0 Å². The summed E-state index contributed by atoms with van der Waals surface area (Å²) in [6.07, 6.45) is 0. The van der Waals surface area contributed by atoms with Gasteiger partial charge in [0.15, 0.2) is 6.61 Å². The molecule has 0 aromatic heterocycles. The monoisotopic (exact) mass is 397 g/mol. The molecule has 0 aliphatic heterocycles. The Morgan fingerprint density at radius 3 is 2.24 bits per heavy atom. The molecule has 0 aliphatic rings. The number of para-hydroxylation sites is 2. The number of amides is 3. The summed E-state index contributed by atoms with van der Waals surface area (Å²) in [4.78, 5) is 38.1. The second kappa shape index (κ2) is 9.73. The lowest BCUT2D eigenvalue weighted by molar-refractivity contribution is -0.136. The Kier molecular flexibility index (Phi) is 7.36. The number of carbonyl (C=O) groups is 3. The molecule has 3 amide bonds. The summed E-state index contributed by atoms with van der Waals surface area (Å²) in [5.74, 6) is -0.665. The van der Waals surface area contributed by atoms with Crippen molar-refractivity contribution in [2.75, 3.05) is 25.5 Å². The van der Waals surface area contributed by atoms with Gasteiger partial charge in [-0.3, -0.25) is 14.4 Å². The molecule has 29 heavy (non-hydrogen) atoms. The molecule has 0 fully saturated rings. The highest BCUT2D eigenvalue weighted by Gasteiger charge is 2.19. The van der Waals surface area contributed by atoms with Crippen LogP contribution in [-0.2, 0) is 9.59 Å². The molecule has 0 aliphatic carbocycles. The van der Waals surface area contributed by atoms with Gasteiger partial charge in [-0.1, -0.05) is 30.3 Å². The standard InChI is InChI=1S/C22H27N3O4/c1-22(2,3)24-19(26)14-25(4)20(27)15-29-18-13-9-8-12-17(18)21(28)23-16-10-6-5-7-11-16/h5-13H,14-15H2,1-4H3,(H,23,28)(H,24,26). The van der Waals surface area contributed by atoms with Crippen LogP contribution in [0.4, 0.5) is 5.69 Å². The molecule has 0 unspecified atom stereocenters. The molecule has 7 nitrogen and oxygen atoms in total. The molecule has 0 spiro atoms. The van der Waals surface area contributed by atoms with E-state index in [1.165, 1.54) is 11.9 Å². The van der Waals surface area contributed by atoms with Crippen LogP contribution in [0.5, 0.6) is 5.75 Å². The number of rotatable bonds is 7. The van der Waals surface area contributed by atoms with E-state index >= 15 is 0 Å². The summed E-state index contributed by atoms with van der Waals surface area (Å²) in [5, 5.41) is 5.59. The Hall–Kier alpha value is -3.35. The van der Waals surface area contributed by atoms with E-state index in [1.54, 1.807) is 36.4 Å². The maximum Gasteiger partial charge on any atom is 0.260 e. The summed E-state index contributed by atoms with van der Waals surface area (Å²) in [7, 11) is 1.53. The summed E-state index contributed by atoms with van der Waals surface area (Å²) >= 11 is 0. The Labute approximate surface area is 171 Å². The normalized spacial score (nSPS) is 10.8. The first-order valence-corrected chi connectivity index (χ1v) is 9.29. The molecular weight excluding hydrogens is 370 g/mol. The van der Waals surface area contributed by atoms with Crippen molar-refractivity contribution in [2.24, 2.45) is 0 Å².